The van der Waals surface area contributed by atoms with E-state index in [4.69, 9.17) is 0 Å². The lowest BCUT2D eigenvalue weighted by molar-refractivity contribution is 0.170. The van der Waals surface area contributed by atoms with Gasteiger partial charge in [-0.25, -0.2) is 0 Å². The van der Waals surface area contributed by atoms with Gasteiger partial charge < -0.3 is 9.80 Å². The number of hydrogen-bond acceptors (Lipinski definition) is 2. The molecule has 2 nitrogen and oxygen atoms in total. The van der Waals surface area contributed by atoms with E-state index in [1.165, 1.54) is 51.0 Å². The van der Waals surface area contributed by atoms with Crippen LogP contribution < -0.4 is 0 Å². The molecule has 0 radical (unpaired) electrons. The predicted molar refractivity (Wildman–Crippen MR) is 77.9 cm³/mol. The van der Waals surface area contributed by atoms with Crippen LogP contribution in [0.1, 0.15) is 18.4 Å². The van der Waals surface area contributed by atoms with Gasteiger partial charge in [0.15, 0.2) is 0 Å². The van der Waals surface area contributed by atoms with Crippen LogP contribution in [0.25, 0.3) is 0 Å². The van der Waals surface area contributed by atoms with Gasteiger partial charge in [0.1, 0.15) is 0 Å². The van der Waals surface area contributed by atoms with Crippen molar-refractivity contribution in [1.82, 2.24) is 9.80 Å². The molecule has 1 fully saturated rings. The highest BCUT2D eigenvalue weighted by Gasteiger charge is 2.18. The summed E-state index contributed by atoms with van der Waals surface area (Å²) < 4.78 is 0. The van der Waals surface area contributed by atoms with E-state index < -0.39 is 0 Å². The number of piperidine rings is 1. The molecule has 1 heterocycles. The molecule has 0 unspecified atom stereocenters. The number of nitrogens with zero attached hydrogens (tertiary/aromatic N) is 2. The Labute approximate surface area is 112 Å². The number of rotatable bonds is 5. The van der Waals surface area contributed by atoms with Crippen molar-refractivity contribution in [3.63, 3.8) is 0 Å². The average molecular weight is 246 g/mol. The van der Waals surface area contributed by atoms with Gasteiger partial charge >= 0.3 is 0 Å². The minimum absolute atomic E-state index is 0.892. The summed E-state index contributed by atoms with van der Waals surface area (Å²) >= 11 is 0. The lowest BCUT2D eigenvalue weighted by Crippen LogP contribution is -2.38. The molecule has 18 heavy (non-hydrogen) atoms. The fraction of sp³-hybridized carbons (Fsp3) is 0.625. The van der Waals surface area contributed by atoms with Gasteiger partial charge in [0, 0.05) is 13.1 Å². The van der Waals surface area contributed by atoms with Crippen LogP contribution in [0, 0.1) is 5.92 Å². The monoisotopic (exact) mass is 246 g/mol. The first kappa shape index (κ1) is 13.6. The summed E-state index contributed by atoms with van der Waals surface area (Å²) in [5.74, 6) is 0.892. The summed E-state index contributed by atoms with van der Waals surface area (Å²) in [6, 6.07) is 10.9. The minimum Gasteiger partial charge on any atom is -0.308 e. The van der Waals surface area contributed by atoms with Crippen molar-refractivity contribution in [2.75, 3.05) is 40.3 Å². The van der Waals surface area contributed by atoms with Crippen LogP contribution >= 0.6 is 0 Å². The molecule has 0 amide bonds. The Balaban J connectivity index is 1.70. The van der Waals surface area contributed by atoms with Crippen LogP contribution in [-0.4, -0.2) is 50.1 Å². The maximum Gasteiger partial charge on any atom is 0.0109 e. The summed E-state index contributed by atoms with van der Waals surface area (Å²) in [4.78, 5) is 4.89. The zero-order chi connectivity index (χ0) is 12.8. The molecule has 0 saturated carbocycles. The summed E-state index contributed by atoms with van der Waals surface area (Å²) in [7, 11) is 4.31. The fourth-order valence-corrected chi connectivity index (χ4v) is 2.70. The fourth-order valence-electron chi connectivity index (χ4n) is 2.70. The maximum atomic E-state index is 2.61. The Morgan fingerprint density at radius 2 is 1.78 bits per heavy atom. The first-order chi connectivity index (χ1) is 8.74. The van der Waals surface area contributed by atoms with E-state index >= 15 is 0 Å². The zero-order valence-electron chi connectivity index (χ0n) is 11.8. The molecule has 2 rings (SSSR count). The van der Waals surface area contributed by atoms with Gasteiger partial charge in [0.25, 0.3) is 0 Å². The lowest BCUT2D eigenvalue weighted by Gasteiger charge is -2.32. The van der Waals surface area contributed by atoms with Crippen LogP contribution in [0.4, 0.5) is 0 Å². The van der Waals surface area contributed by atoms with Crippen molar-refractivity contribution in [2.24, 2.45) is 5.92 Å². The molecule has 100 valence electrons. The Kier molecular flexibility index (Phi) is 5.21. The quantitative estimate of drug-likeness (QED) is 0.787. The third-order valence-corrected chi connectivity index (χ3v) is 3.94. The summed E-state index contributed by atoms with van der Waals surface area (Å²) in [6.07, 6.45) is 3.99. The highest BCUT2D eigenvalue weighted by molar-refractivity contribution is 5.15. The van der Waals surface area contributed by atoms with Gasteiger partial charge in [-0.1, -0.05) is 30.3 Å². The van der Waals surface area contributed by atoms with E-state index in [1.807, 2.05) is 0 Å². The molecule has 0 spiro atoms. The van der Waals surface area contributed by atoms with E-state index in [1.54, 1.807) is 0 Å². The molecular formula is C16H26N2. The zero-order valence-corrected chi connectivity index (χ0v) is 11.8. The molecule has 0 N–H and O–H groups in total. The van der Waals surface area contributed by atoms with Crippen LogP contribution in [0.15, 0.2) is 30.3 Å². The Morgan fingerprint density at radius 3 is 2.39 bits per heavy atom. The topological polar surface area (TPSA) is 6.48 Å². The molecule has 1 aliphatic heterocycles. The highest BCUT2D eigenvalue weighted by atomic mass is 15.2. The first-order valence-electron chi connectivity index (χ1n) is 7.15. The highest BCUT2D eigenvalue weighted by Crippen LogP contribution is 2.21. The average Bonchev–Trinajstić information content (AvgIpc) is 2.39. The van der Waals surface area contributed by atoms with E-state index in [2.05, 4.69) is 54.2 Å². The molecule has 0 aliphatic carbocycles. The van der Waals surface area contributed by atoms with Gasteiger partial charge in [-0.05, 0) is 57.9 Å². The second-order valence-electron chi connectivity index (χ2n) is 5.78. The summed E-state index contributed by atoms with van der Waals surface area (Å²) in [6.45, 7) is 4.98. The number of hydrogen-bond donors (Lipinski definition) is 0. The summed E-state index contributed by atoms with van der Waals surface area (Å²) in [5.41, 5.74) is 1.50. The molecule has 0 atom stereocenters. The normalized spacial score (nSPS) is 18.4. The minimum atomic E-state index is 0.892. The molecule has 0 bridgehead atoms. The number of likely N-dealkylation sites (tertiary alicyclic amines) is 1. The van der Waals surface area contributed by atoms with E-state index in [-0.39, 0.29) is 0 Å². The molecule has 1 aliphatic rings. The van der Waals surface area contributed by atoms with Crippen molar-refractivity contribution in [3.8, 4) is 0 Å². The molecular weight excluding hydrogens is 220 g/mol. The van der Waals surface area contributed by atoms with Crippen molar-refractivity contribution in [3.05, 3.63) is 35.9 Å². The van der Waals surface area contributed by atoms with Crippen LogP contribution in [-0.2, 0) is 6.42 Å². The van der Waals surface area contributed by atoms with Gasteiger partial charge in [-0.15, -0.1) is 0 Å². The summed E-state index contributed by atoms with van der Waals surface area (Å²) in [5, 5.41) is 0. The molecule has 1 aromatic rings. The Hall–Kier alpha value is -0.860. The van der Waals surface area contributed by atoms with Crippen molar-refractivity contribution in [2.45, 2.75) is 19.3 Å². The number of benzene rings is 1. The Bertz CT molecular complexity index is 326. The van der Waals surface area contributed by atoms with Gasteiger partial charge in [-0.2, -0.15) is 0 Å². The molecule has 1 saturated heterocycles. The maximum absolute atomic E-state index is 2.61. The SMILES string of the molecule is CN(C)CCN1CCC(Cc2ccccc2)CC1. The first-order valence-corrected chi connectivity index (χ1v) is 7.15. The van der Waals surface area contributed by atoms with Crippen LogP contribution in [0.5, 0.6) is 0 Å². The van der Waals surface area contributed by atoms with Crippen LogP contribution in [0.2, 0.25) is 0 Å². The standard InChI is InChI=1S/C16H26N2/c1-17(2)12-13-18-10-8-16(9-11-18)14-15-6-4-3-5-7-15/h3-7,16H,8-14H2,1-2H3. The predicted octanol–water partition coefficient (Wildman–Crippen LogP) is 2.50. The lowest BCUT2D eigenvalue weighted by atomic mass is 9.90. The van der Waals surface area contributed by atoms with E-state index in [0.717, 1.165) is 5.92 Å². The van der Waals surface area contributed by atoms with Gasteiger partial charge in [0.2, 0.25) is 0 Å². The number of likely N-dealkylation sites (N-methyl/N-ethyl adjacent to an activating group) is 1. The van der Waals surface area contributed by atoms with E-state index in [9.17, 15) is 0 Å². The largest absolute Gasteiger partial charge is 0.308 e. The van der Waals surface area contributed by atoms with Crippen molar-refractivity contribution >= 4 is 0 Å². The smallest absolute Gasteiger partial charge is 0.0109 e. The van der Waals surface area contributed by atoms with E-state index in [0.29, 0.717) is 0 Å². The molecule has 2 heteroatoms. The Morgan fingerprint density at radius 1 is 1.11 bits per heavy atom. The second-order valence-corrected chi connectivity index (χ2v) is 5.78. The second kappa shape index (κ2) is 6.91. The van der Waals surface area contributed by atoms with Crippen LogP contribution in [0.3, 0.4) is 0 Å². The van der Waals surface area contributed by atoms with Gasteiger partial charge in [0.05, 0.1) is 0 Å². The van der Waals surface area contributed by atoms with Gasteiger partial charge in [-0.3, -0.25) is 0 Å². The molecule has 1 aromatic carbocycles. The van der Waals surface area contributed by atoms with Crippen molar-refractivity contribution < 1.29 is 0 Å². The third-order valence-electron chi connectivity index (χ3n) is 3.94. The molecule has 0 aromatic heterocycles. The van der Waals surface area contributed by atoms with Crippen molar-refractivity contribution in [1.29, 1.82) is 0 Å². The third kappa shape index (κ3) is 4.43.